The van der Waals surface area contributed by atoms with Crippen molar-refractivity contribution < 1.29 is 0 Å². The molecule has 76 valence electrons. The third-order valence-electron chi connectivity index (χ3n) is 2.28. The topological polar surface area (TPSA) is 30.2 Å². The summed E-state index contributed by atoms with van der Waals surface area (Å²) in [5.74, 6) is 0. The highest BCUT2D eigenvalue weighted by atomic mass is 32.1. The number of aromatic nitrogens is 3. The molecule has 5 heteroatoms. The van der Waals surface area contributed by atoms with Gasteiger partial charge in [-0.15, -0.1) is 11.3 Å². The van der Waals surface area contributed by atoms with Gasteiger partial charge >= 0.3 is 0 Å². The lowest BCUT2D eigenvalue weighted by atomic mass is 10.3. The summed E-state index contributed by atoms with van der Waals surface area (Å²) in [4.78, 5) is 6.80. The van der Waals surface area contributed by atoms with E-state index in [9.17, 15) is 0 Å². The van der Waals surface area contributed by atoms with Crippen molar-refractivity contribution >= 4 is 27.6 Å². The molecule has 15 heavy (non-hydrogen) atoms. The number of hydrogen-bond acceptors (Lipinski definition) is 4. The Labute approximate surface area is 95.0 Å². The van der Waals surface area contributed by atoms with E-state index in [1.54, 1.807) is 22.7 Å². The SMILES string of the molecule is Cc1nn2c(C)c(-c3cccs3)nc2s1. The van der Waals surface area contributed by atoms with E-state index in [-0.39, 0.29) is 0 Å². The van der Waals surface area contributed by atoms with Gasteiger partial charge in [0.2, 0.25) is 4.96 Å². The number of nitrogens with zero attached hydrogens (tertiary/aromatic N) is 3. The molecule has 3 rings (SSSR count). The van der Waals surface area contributed by atoms with Crippen molar-refractivity contribution in [2.75, 3.05) is 0 Å². The van der Waals surface area contributed by atoms with Crippen LogP contribution < -0.4 is 0 Å². The Bertz CT molecular complexity index is 604. The smallest absolute Gasteiger partial charge is 0.212 e. The lowest BCUT2D eigenvalue weighted by Gasteiger charge is -1.92. The van der Waals surface area contributed by atoms with Gasteiger partial charge in [0.1, 0.15) is 10.7 Å². The van der Waals surface area contributed by atoms with Gasteiger partial charge in [0.05, 0.1) is 10.6 Å². The van der Waals surface area contributed by atoms with Gasteiger partial charge in [-0.2, -0.15) is 5.10 Å². The number of imidazole rings is 1. The minimum atomic E-state index is 0.980. The zero-order valence-corrected chi connectivity index (χ0v) is 10.0. The van der Waals surface area contributed by atoms with Crippen molar-refractivity contribution in [3.63, 3.8) is 0 Å². The fourth-order valence-corrected chi connectivity index (χ4v) is 3.15. The normalized spacial score (nSPS) is 11.3. The molecular weight excluding hydrogens is 226 g/mol. The Morgan fingerprint density at radius 2 is 2.20 bits per heavy atom. The summed E-state index contributed by atoms with van der Waals surface area (Å²) in [6.45, 7) is 4.07. The van der Waals surface area contributed by atoms with Crippen molar-refractivity contribution in [2.24, 2.45) is 0 Å². The standard InChI is InChI=1S/C10H9N3S2/c1-6-9(8-4-3-5-14-8)11-10-13(6)12-7(2)15-10/h3-5H,1-2H3. The maximum absolute atomic E-state index is 4.60. The summed E-state index contributed by atoms with van der Waals surface area (Å²) < 4.78 is 1.93. The van der Waals surface area contributed by atoms with Gasteiger partial charge < -0.3 is 0 Å². The summed E-state index contributed by atoms with van der Waals surface area (Å²) in [6.07, 6.45) is 0. The Morgan fingerprint density at radius 1 is 1.33 bits per heavy atom. The number of rotatable bonds is 1. The Hall–Kier alpha value is -1.20. The predicted octanol–water partition coefficient (Wildman–Crippen LogP) is 3.14. The molecular formula is C10H9N3S2. The Morgan fingerprint density at radius 3 is 2.87 bits per heavy atom. The minimum absolute atomic E-state index is 0.980. The van der Waals surface area contributed by atoms with Crippen molar-refractivity contribution in [1.29, 1.82) is 0 Å². The molecule has 0 N–H and O–H groups in total. The maximum atomic E-state index is 4.60. The molecule has 0 radical (unpaired) electrons. The molecule has 0 bridgehead atoms. The predicted molar refractivity (Wildman–Crippen MR) is 63.7 cm³/mol. The van der Waals surface area contributed by atoms with E-state index in [1.807, 2.05) is 17.5 Å². The molecule has 0 amide bonds. The van der Waals surface area contributed by atoms with Crippen molar-refractivity contribution in [3.05, 3.63) is 28.2 Å². The number of thiophene rings is 1. The monoisotopic (exact) mass is 235 g/mol. The first-order valence-corrected chi connectivity index (χ1v) is 6.32. The first-order valence-electron chi connectivity index (χ1n) is 4.62. The molecule has 0 saturated heterocycles. The first kappa shape index (κ1) is 9.06. The van der Waals surface area contributed by atoms with Gasteiger partial charge in [0.25, 0.3) is 0 Å². The van der Waals surface area contributed by atoms with Gasteiger partial charge in [-0.25, -0.2) is 9.50 Å². The van der Waals surface area contributed by atoms with Crippen LogP contribution in [0, 0.1) is 13.8 Å². The number of hydrogen-bond donors (Lipinski definition) is 0. The van der Waals surface area contributed by atoms with Crippen molar-refractivity contribution in [2.45, 2.75) is 13.8 Å². The second kappa shape index (κ2) is 3.15. The van der Waals surface area contributed by atoms with Gasteiger partial charge in [-0.05, 0) is 25.3 Å². The summed E-state index contributed by atoms with van der Waals surface area (Å²) in [7, 11) is 0. The van der Waals surface area contributed by atoms with E-state index >= 15 is 0 Å². The lowest BCUT2D eigenvalue weighted by molar-refractivity contribution is 0.910. The zero-order chi connectivity index (χ0) is 10.4. The Balaban J connectivity index is 2.29. The number of fused-ring (bicyclic) bond motifs is 1. The first-order chi connectivity index (χ1) is 7.25. The summed E-state index contributed by atoms with van der Waals surface area (Å²) >= 11 is 3.34. The summed E-state index contributed by atoms with van der Waals surface area (Å²) in [6, 6.07) is 4.14. The molecule has 3 aromatic heterocycles. The van der Waals surface area contributed by atoms with Crippen LogP contribution in [0.2, 0.25) is 0 Å². The van der Waals surface area contributed by atoms with Crippen LogP contribution in [0.25, 0.3) is 15.5 Å². The van der Waals surface area contributed by atoms with Crippen LogP contribution in [0.3, 0.4) is 0 Å². The second-order valence-electron chi connectivity index (χ2n) is 3.34. The molecule has 0 aliphatic carbocycles. The third-order valence-corrected chi connectivity index (χ3v) is 3.98. The van der Waals surface area contributed by atoms with E-state index in [2.05, 4.69) is 28.5 Å². The molecule has 0 atom stereocenters. The van der Waals surface area contributed by atoms with E-state index in [1.165, 1.54) is 4.88 Å². The second-order valence-corrected chi connectivity index (χ2v) is 5.45. The highest BCUT2D eigenvalue weighted by molar-refractivity contribution is 7.16. The van der Waals surface area contributed by atoms with E-state index < -0.39 is 0 Å². The fraction of sp³-hybridized carbons (Fsp3) is 0.200. The van der Waals surface area contributed by atoms with Gasteiger partial charge in [-0.3, -0.25) is 0 Å². The average molecular weight is 235 g/mol. The lowest BCUT2D eigenvalue weighted by Crippen LogP contribution is -1.87. The van der Waals surface area contributed by atoms with Crippen LogP contribution in [0.5, 0.6) is 0 Å². The molecule has 0 spiro atoms. The zero-order valence-electron chi connectivity index (χ0n) is 8.39. The van der Waals surface area contributed by atoms with Crippen LogP contribution in [0.4, 0.5) is 0 Å². The fourth-order valence-electron chi connectivity index (χ4n) is 1.59. The molecule has 0 aliphatic rings. The van der Waals surface area contributed by atoms with Crippen LogP contribution >= 0.6 is 22.7 Å². The van der Waals surface area contributed by atoms with Crippen LogP contribution in [-0.2, 0) is 0 Å². The van der Waals surface area contributed by atoms with Gasteiger partial charge in [0.15, 0.2) is 0 Å². The van der Waals surface area contributed by atoms with Crippen LogP contribution in [0.15, 0.2) is 17.5 Å². The molecule has 0 aliphatic heterocycles. The van der Waals surface area contributed by atoms with Gasteiger partial charge in [0, 0.05) is 0 Å². The molecule has 0 unspecified atom stereocenters. The largest absolute Gasteiger partial charge is 0.216 e. The van der Waals surface area contributed by atoms with Crippen LogP contribution in [-0.4, -0.2) is 14.6 Å². The quantitative estimate of drug-likeness (QED) is 0.648. The van der Waals surface area contributed by atoms with Crippen molar-refractivity contribution in [1.82, 2.24) is 14.6 Å². The Kier molecular flexibility index (Phi) is 1.90. The average Bonchev–Trinajstić information content (AvgIpc) is 2.84. The molecule has 0 fully saturated rings. The van der Waals surface area contributed by atoms with Gasteiger partial charge in [-0.1, -0.05) is 17.4 Å². The molecule has 3 heterocycles. The van der Waals surface area contributed by atoms with E-state index in [0.29, 0.717) is 0 Å². The molecule has 3 aromatic rings. The number of aryl methyl sites for hydroxylation is 2. The summed E-state index contributed by atoms with van der Waals surface area (Å²) in [5, 5.41) is 7.54. The van der Waals surface area contributed by atoms with E-state index in [0.717, 1.165) is 21.4 Å². The maximum Gasteiger partial charge on any atom is 0.212 e. The third kappa shape index (κ3) is 1.31. The molecule has 3 nitrogen and oxygen atoms in total. The van der Waals surface area contributed by atoms with Crippen molar-refractivity contribution in [3.8, 4) is 10.6 Å². The molecule has 0 saturated carbocycles. The summed E-state index contributed by atoms with van der Waals surface area (Å²) in [5.41, 5.74) is 2.18. The van der Waals surface area contributed by atoms with Crippen LogP contribution in [0.1, 0.15) is 10.7 Å². The van der Waals surface area contributed by atoms with E-state index in [4.69, 9.17) is 0 Å². The minimum Gasteiger partial charge on any atom is -0.216 e. The molecule has 0 aromatic carbocycles. The highest BCUT2D eigenvalue weighted by Gasteiger charge is 2.13. The highest BCUT2D eigenvalue weighted by Crippen LogP contribution is 2.29.